The van der Waals surface area contributed by atoms with Crippen molar-refractivity contribution in [2.24, 2.45) is 0 Å². The zero-order chi connectivity index (χ0) is 13.8. The van der Waals surface area contributed by atoms with E-state index in [2.05, 4.69) is 26.1 Å². The summed E-state index contributed by atoms with van der Waals surface area (Å²) in [5, 5.41) is 15.9. The van der Waals surface area contributed by atoms with Gasteiger partial charge in [0, 0.05) is 12.5 Å². The van der Waals surface area contributed by atoms with Crippen LogP contribution in [0.4, 0.5) is 6.01 Å². The van der Waals surface area contributed by atoms with Gasteiger partial charge in [0.1, 0.15) is 6.04 Å². The van der Waals surface area contributed by atoms with Gasteiger partial charge in [0.05, 0.1) is 6.54 Å². The maximum Gasteiger partial charge on any atom is 0.316 e. The SMILES string of the molecule is CC(C)NCc1nnc(NC2CCC(=O)NC2=O)o1. The lowest BCUT2D eigenvalue weighted by molar-refractivity contribution is -0.133. The molecule has 1 aromatic rings. The topological polar surface area (TPSA) is 109 Å². The quantitative estimate of drug-likeness (QED) is 0.633. The van der Waals surface area contributed by atoms with Gasteiger partial charge in [-0.25, -0.2) is 0 Å². The zero-order valence-electron chi connectivity index (χ0n) is 10.9. The van der Waals surface area contributed by atoms with Gasteiger partial charge in [-0.05, 0) is 6.42 Å². The van der Waals surface area contributed by atoms with Crippen LogP contribution in [0.1, 0.15) is 32.6 Å². The minimum atomic E-state index is -0.510. The van der Waals surface area contributed by atoms with Crippen LogP contribution >= 0.6 is 0 Å². The Bertz CT molecular complexity index is 471. The number of carbonyl (C=O) groups excluding carboxylic acids is 2. The van der Waals surface area contributed by atoms with Gasteiger partial charge in [-0.2, -0.15) is 0 Å². The van der Waals surface area contributed by atoms with E-state index in [1.807, 2.05) is 13.8 Å². The van der Waals surface area contributed by atoms with Crippen LogP contribution in [-0.4, -0.2) is 34.1 Å². The molecular formula is C11H17N5O3. The van der Waals surface area contributed by atoms with Crippen LogP contribution in [0.3, 0.4) is 0 Å². The molecule has 2 amide bonds. The van der Waals surface area contributed by atoms with Crippen LogP contribution in [0.5, 0.6) is 0 Å². The van der Waals surface area contributed by atoms with Crippen LogP contribution < -0.4 is 16.0 Å². The van der Waals surface area contributed by atoms with Crippen LogP contribution in [0.25, 0.3) is 0 Å². The number of hydrogen-bond donors (Lipinski definition) is 3. The monoisotopic (exact) mass is 267 g/mol. The van der Waals surface area contributed by atoms with Crippen LogP contribution in [0.15, 0.2) is 4.42 Å². The molecule has 19 heavy (non-hydrogen) atoms. The summed E-state index contributed by atoms with van der Waals surface area (Å²) in [5.74, 6) is -0.171. The van der Waals surface area contributed by atoms with Gasteiger partial charge in [-0.3, -0.25) is 14.9 Å². The summed E-state index contributed by atoms with van der Waals surface area (Å²) in [6, 6.07) is -0.00226. The summed E-state index contributed by atoms with van der Waals surface area (Å²) < 4.78 is 5.35. The molecule has 104 valence electrons. The van der Waals surface area contributed by atoms with Crippen molar-refractivity contribution in [1.82, 2.24) is 20.8 Å². The molecule has 2 heterocycles. The first-order chi connectivity index (χ1) is 9.04. The highest BCUT2D eigenvalue weighted by atomic mass is 16.4. The lowest BCUT2D eigenvalue weighted by Crippen LogP contribution is -2.47. The molecule has 1 fully saturated rings. The fourth-order valence-corrected chi connectivity index (χ4v) is 1.66. The molecule has 0 aliphatic carbocycles. The first-order valence-corrected chi connectivity index (χ1v) is 6.20. The average molecular weight is 267 g/mol. The van der Waals surface area contributed by atoms with Crippen molar-refractivity contribution < 1.29 is 14.0 Å². The molecule has 0 saturated carbocycles. The number of nitrogens with zero attached hydrogens (tertiary/aromatic N) is 2. The maximum absolute atomic E-state index is 11.5. The molecule has 1 aliphatic rings. The number of anilines is 1. The van der Waals surface area contributed by atoms with E-state index in [1.54, 1.807) is 0 Å². The second-order valence-electron chi connectivity index (χ2n) is 4.68. The Morgan fingerprint density at radius 1 is 1.42 bits per heavy atom. The van der Waals surface area contributed by atoms with Gasteiger partial charge in [0.25, 0.3) is 0 Å². The Kier molecular flexibility index (Phi) is 4.10. The summed E-state index contributed by atoms with van der Waals surface area (Å²) >= 11 is 0. The minimum Gasteiger partial charge on any atom is -0.407 e. The molecule has 1 aromatic heterocycles. The van der Waals surface area contributed by atoms with E-state index in [0.29, 0.717) is 31.3 Å². The first-order valence-electron chi connectivity index (χ1n) is 6.20. The summed E-state index contributed by atoms with van der Waals surface area (Å²) in [7, 11) is 0. The highest BCUT2D eigenvalue weighted by molar-refractivity contribution is 6.01. The van der Waals surface area contributed by atoms with E-state index in [4.69, 9.17) is 4.42 Å². The summed E-state index contributed by atoms with van der Waals surface area (Å²) in [5.41, 5.74) is 0. The van der Waals surface area contributed by atoms with Crippen LogP contribution in [0, 0.1) is 0 Å². The molecule has 8 nitrogen and oxygen atoms in total. The number of amides is 2. The van der Waals surface area contributed by atoms with E-state index in [0.717, 1.165) is 0 Å². The van der Waals surface area contributed by atoms with Gasteiger partial charge >= 0.3 is 6.01 Å². The van der Waals surface area contributed by atoms with Crippen molar-refractivity contribution in [3.63, 3.8) is 0 Å². The van der Waals surface area contributed by atoms with Crippen molar-refractivity contribution in [3.8, 4) is 0 Å². The molecule has 0 spiro atoms. The molecule has 1 atom stereocenters. The lowest BCUT2D eigenvalue weighted by Gasteiger charge is -2.20. The molecule has 2 rings (SSSR count). The van der Waals surface area contributed by atoms with Crippen molar-refractivity contribution in [1.29, 1.82) is 0 Å². The van der Waals surface area contributed by atoms with Gasteiger partial charge in [-0.1, -0.05) is 18.9 Å². The molecule has 8 heteroatoms. The Morgan fingerprint density at radius 3 is 2.89 bits per heavy atom. The fraction of sp³-hybridized carbons (Fsp3) is 0.636. The van der Waals surface area contributed by atoms with Crippen molar-refractivity contribution in [2.75, 3.05) is 5.32 Å². The number of nitrogens with one attached hydrogen (secondary N) is 3. The molecule has 0 bridgehead atoms. The summed E-state index contributed by atoms with van der Waals surface area (Å²) in [6.07, 6.45) is 0.728. The van der Waals surface area contributed by atoms with E-state index in [-0.39, 0.29) is 17.8 Å². The summed E-state index contributed by atoms with van der Waals surface area (Å²) in [4.78, 5) is 22.5. The van der Waals surface area contributed by atoms with E-state index in [9.17, 15) is 9.59 Å². The molecule has 3 N–H and O–H groups in total. The lowest BCUT2D eigenvalue weighted by atomic mass is 10.1. The van der Waals surface area contributed by atoms with Gasteiger partial charge in [0.15, 0.2) is 0 Å². The van der Waals surface area contributed by atoms with E-state index >= 15 is 0 Å². The van der Waals surface area contributed by atoms with E-state index in [1.165, 1.54) is 0 Å². The number of piperidine rings is 1. The molecule has 1 aliphatic heterocycles. The Balaban J connectivity index is 1.89. The van der Waals surface area contributed by atoms with Gasteiger partial charge in [-0.15, -0.1) is 5.10 Å². The van der Waals surface area contributed by atoms with Crippen molar-refractivity contribution >= 4 is 17.8 Å². The highest BCUT2D eigenvalue weighted by Crippen LogP contribution is 2.12. The summed E-state index contributed by atoms with van der Waals surface area (Å²) in [6.45, 7) is 4.50. The molecule has 1 saturated heterocycles. The molecule has 0 aromatic carbocycles. The second kappa shape index (κ2) is 5.79. The zero-order valence-corrected chi connectivity index (χ0v) is 10.9. The normalized spacial score (nSPS) is 19.6. The smallest absolute Gasteiger partial charge is 0.316 e. The molecule has 1 unspecified atom stereocenters. The van der Waals surface area contributed by atoms with Gasteiger partial charge < -0.3 is 15.1 Å². The third-order valence-electron chi connectivity index (χ3n) is 2.67. The Morgan fingerprint density at radius 2 is 2.21 bits per heavy atom. The van der Waals surface area contributed by atoms with Crippen molar-refractivity contribution in [3.05, 3.63) is 5.89 Å². The largest absolute Gasteiger partial charge is 0.407 e. The van der Waals surface area contributed by atoms with Crippen molar-refractivity contribution in [2.45, 2.75) is 45.3 Å². The van der Waals surface area contributed by atoms with Crippen LogP contribution in [-0.2, 0) is 16.1 Å². The fourth-order valence-electron chi connectivity index (χ4n) is 1.66. The predicted octanol–water partition coefficient (Wildman–Crippen LogP) is -0.215. The maximum atomic E-state index is 11.5. The highest BCUT2D eigenvalue weighted by Gasteiger charge is 2.27. The van der Waals surface area contributed by atoms with E-state index < -0.39 is 6.04 Å². The second-order valence-corrected chi connectivity index (χ2v) is 4.68. The van der Waals surface area contributed by atoms with Gasteiger partial charge in [0.2, 0.25) is 17.7 Å². The Hall–Kier alpha value is -1.96. The molecule has 0 radical (unpaired) electrons. The Labute approximate surface area is 110 Å². The number of carbonyl (C=O) groups is 2. The number of aromatic nitrogens is 2. The minimum absolute atomic E-state index is 0.190. The standard InChI is InChI=1S/C11H17N5O3/c1-6(2)12-5-9-15-16-11(19-9)13-7-3-4-8(17)14-10(7)18/h6-7,12H,3-5H2,1-2H3,(H,13,16)(H,14,17,18). The molecular weight excluding hydrogens is 250 g/mol. The number of imide groups is 1. The number of rotatable bonds is 5. The predicted molar refractivity (Wildman–Crippen MR) is 66.1 cm³/mol. The third-order valence-corrected chi connectivity index (χ3v) is 2.67. The average Bonchev–Trinajstić information content (AvgIpc) is 2.78. The number of hydrogen-bond acceptors (Lipinski definition) is 7. The first kappa shape index (κ1) is 13.5. The van der Waals surface area contributed by atoms with Crippen LogP contribution in [0.2, 0.25) is 0 Å². The third kappa shape index (κ3) is 3.75.